The Balaban J connectivity index is 1.78. The number of ether oxygens (including phenoxy) is 2. The molecule has 0 saturated carbocycles. The molecule has 0 aromatic heterocycles. The van der Waals surface area contributed by atoms with Crippen molar-refractivity contribution in [3.8, 4) is 11.5 Å². The van der Waals surface area contributed by atoms with Crippen LogP contribution in [-0.4, -0.2) is 66.5 Å². The van der Waals surface area contributed by atoms with Crippen LogP contribution in [0, 0.1) is 0 Å². The molecule has 2 saturated heterocycles. The molecule has 8 heteroatoms. The van der Waals surface area contributed by atoms with Gasteiger partial charge in [-0.3, -0.25) is 19.4 Å². The van der Waals surface area contributed by atoms with Crippen LogP contribution in [-0.2, 0) is 9.59 Å². The average molecular weight is 389 g/mol. The van der Waals surface area contributed by atoms with E-state index in [1.165, 1.54) is 0 Å². The predicted molar refractivity (Wildman–Crippen MR) is 102 cm³/mol. The summed E-state index contributed by atoms with van der Waals surface area (Å²) < 4.78 is 10.8. The number of rotatable bonds is 8. The molecule has 2 aliphatic heterocycles. The second-order valence-electron chi connectivity index (χ2n) is 7.05. The molecule has 28 heavy (non-hydrogen) atoms. The van der Waals surface area contributed by atoms with Gasteiger partial charge in [0.15, 0.2) is 0 Å². The third-order valence-corrected chi connectivity index (χ3v) is 5.36. The number of hydrogen-bond acceptors (Lipinski definition) is 6. The Bertz CT molecular complexity index is 766. The van der Waals surface area contributed by atoms with Crippen LogP contribution < -0.4 is 9.47 Å². The topological polar surface area (TPSA) is 79.4 Å². The van der Waals surface area contributed by atoms with Gasteiger partial charge in [0.1, 0.15) is 11.5 Å². The highest BCUT2D eigenvalue weighted by atomic mass is 16.5. The van der Waals surface area contributed by atoms with Gasteiger partial charge >= 0.3 is 17.8 Å². The molecule has 0 bridgehead atoms. The van der Waals surface area contributed by atoms with Crippen molar-refractivity contribution in [3.05, 3.63) is 23.8 Å². The minimum absolute atomic E-state index is 0.00116. The summed E-state index contributed by atoms with van der Waals surface area (Å²) in [5.74, 6) is -0.0622. The molecule has 1 atom stereocenters. The van der Waals surface area contributed by atoms with Crippen LogP contribution >= 0.6 is 0 Å². The van der Waals surface area contributed by atoms with E-state index in [1.807, 2.05) is 25.1 Å². The molecule has 1 aromatic carbocycles. The number of nitrogens with zero attached hydrogens (tertiary/aromatic N) is 3. The van der Waals surface area contributed by atoms with Crippen molar-refractivity contribution in [2.45, 2.75) is 38.6 Å². The molecule has 0 radical (unpaired) electrons. The number of carbonyl (C=O) groups excluding carboxylic acids is 3. The predicted octanol–water partition coefficient (Wildman–Crippen LogP) is 2.39. The highest BCUT2D eigenvalue weighted by Gasteiger charge is 2.45. The first-order valence-electron chi connectivity index (χ1n) is 9.65. The molecule has 0 spiro atoms. The molecule has 2 fully saturated rings. The van der Waals surface area contributed by atoms with Crippen LogP contribution in [0.3, 0.4) is 0 Å². The second kappa shape index (κ2) is 8.60. The van der Waals surface area contributed by atoms with Gasteiger partial charge in [-0.25, -0.2) is 9.69 Å². The van der Waals surface area contributed by atoms with E-state index in [2.05, 4.69) is 4.90 Å². The molecule has 0 N–H and O–H groups in total. The molecule has 0 unspecified atom stereocenters. The number of carbonyl (C=O) groups is 3. The quantitative estimate of drug-likeness (QED) is 0.502. The minimum Gasteiger partial charge on any atom is -0.497 e. The second-order valence-corrected chi connectivity index (χ2v) is 7.05. The smallest absolute Gasteiger partial charge is 0.335 e. The van der Waals surface area contributed by atoms with E-state index in [-0.39, 0.29) is 19.3 Å². The number of urea groups is 1. The van der Waals surface area contributed by atoms with Gasteiger partial charge in [-0.2, -0.15) is 0 Å². The van der Waals surface area contributed by atoms with Crippen LogP contribution in [0.25, 0.3) is 0 Å². The Morgan fingerprint density at radius 2 is 1.82 bits per heavy atom. The van der Waals surface area contributed by atoms with Crippen LogP contribution in [0.2, 0.25) is 0 Å². The molecule has 8 nitrogen and oxygen atoms in total. The summed E-state index contributed by atoms with van der Waals surface area (Å²) in [6, 6.07) is 5.13. The fourth-order valence-electron chi connectivity index (χ4n) is 3.81. The molecule has 3 rings (SSSR count). The first-order chi connectivity index (χ1) is 13.5. The van der Waals surface area contributed by atoms with Gasteiger partial charge in [-0.05, 0) is 25.3 Å². The fraction of sp³-hybridized carbons (Fsp3) is 0.550. The monoisotopic (exact) mass is 389 g/mol. The van der Waals surface area contributed by atoms with Gasteiger partial charge in [0, 0.05) is 30.8 Å². The molecular weight excluding hydrogens is 362 g/mol. The molecule has 2 heterocycles. The number of benzene rings is 1. The highest BCUT2D eigenvalue weighted by Crippen LogP contribution is 2.39. The Labute approximate surface area is 165 Å². The Kier molecular flexibility index (Phi) is 6.18. The molecular formula is C20H27N3O5. The van der Waals surface area contributed by atoms with E-state index in [0.717, 1.165) is 41.2 Å². The van der Waals surface area contributed by atoms with E-state index >= 15 is 0 Å². The Morgan fingerprint density at radius 1 is 1.07 bits per heavy atom. The van der Waals surface area contributed by atoms with E-state index in [9.17, 15) is 14.4 Å². The molecule has 1 aromatic rings. The summed E-state index contributed by atoms with van der Waals surface area (Å²) in [7, 11) is 3.21. The number of unbranched alkanes of at least 4 members (excludes halogenated alkanes) is 1. The summed E-state index contributed by atoms with van der Waals surface area (Å²) in [4.78, 5) is 41.3. The van der Waals surface area contributed by atoms with E-state index in [0.29, 0.717) is 17.9 Å². The van der Waals surface area contributed by atoms with Crippen molar-refractivity contribution in [2.24, 2.45) is 0 Å². The van der Waals surface area contributed by atoms with Crippen molar-refractivity contribution in [3.63, 3.8) is 0 Å². The lowest BCUT2D eigenvalue weighted by atomic mass is 10.0. The van der Waals surface area contributed by atoms with Crippen molar-refractivity contribution in [1.29, 1.82) is 0 Å². The van der Waals surface area contributed by atoms with E-state index in [1.54, 1.807) is 14.2 Å². The maximum absolute atomic E-state index is 12.6. The lowest BCUT2D eigenvalue weighted by Crippen LogP contribution is -2.42. The third-order valence-electron chi connectivity index (χ3n) is 5.36. The standard InChI is InChI=1S/C20H27N3O5/c1-4-5-11-22-18(24)19(25)23(20(22)26)13-21-10-6-7-16(21)15-9-8-14(27-2)12-17(15)28-3/h8-9,12,16H,4-7,10-11,13H2,1-3H3/t16-/m0/s1. The van der Waals surface area contributed by atoms with Crippen molar-refractivity contribution in [1.82, 2.24) is 14.7 Å². The highest BCUT2D eigenvalue weighted by molar-refractivity contribution is 6.44. The molecule has 2 aliphatic rings. The van der Waals surface area contributed by atoms with Crippen LogP contribution in [0.5, 0.6) is 11.5 Å². The lowest BCUT2D eigenvalue weighted by Gasteiger charge is -2.29. The Morgan fingerprint density at radius 3 is 2.50 bits per heavy atom. The van der Waals surface area contributed by atoms with Gasteiger partial charge in [-0.1, -0.05) is 19.4 Å². The number of imide groups is 2. The SMILES string of the molecule is CCCCN1C(=O)C(=O)N(CN2CCC[C@H]2c2ccc(OC)cc2OC)C1=O. The van der Waals surface area contributed by atoms with Crippen LogP contribution in [0.1, 0.15) is 44.2 Å². The summed E-state index contributed by atoms with van der Waals surface area (Å²) in [5.41, 5.74) is 0.981. The maximum atomic E-state index is 12.6. The summed E-state index contributed by atoms with van der Waals surface area (Å²) in [6.07, 6.45) is 3.35. The molecule has 4 amide bonds. The Hall–Kier alpha value is -2.61. The molecule has 152 valence electrons. The largest absolute Gasteiger partial charge is 0.497 e. The molecule has 0 aliphatic carbocycles. The minimum atomic E-state index is -0.742. The van der Waals surface area contributed by atoms with Crippen molar-refractivity contribution >= 4 is 17.8 Å². The summed E-state index contributed by atoms with van der Waals surface area (Å²) in [5, 5.41) is 0. The average Bonchev–Trinajstić information content (AvgIpc) is 3.25. The van der Waals surface area contributed by atoms with E-state index in [4.69, 9.17) is 9.47 Å². The zero-order valence-electron chi connectivity index (χ0n) is 16.6. The van der Waals surface area contributed by atoms with Gasteiger partial charge in [0.2, 0.25) is 0 Å². The number of hydrogen-bond donors (Lipinski definition) is 0. The normalized spacial score (nSPS) is 20.4. The first-order valence-corrected chi connectivity index (χ1v) is 9.65. The lowest BCUT2D eigenvalue weighted by molar-refractivity contribution is -0.144. The van der Waals surface area contributed by atoms with Gasteiger partial charge in [0.25, 0.3) is 0 Å². The maximum Gasteiger partial charge on any atom is 0.335 e. The number of methoxy groups -OCH3 is 2. The van der Waals surface area contributed by atoms with Gasteiger partial charge < -0.3 is 9.47 Å². The van der Waals surface area contributed by atoms with E-state index < -0.39 is 17.8 Å². The van der Waals surface area contributed by atoms with Crippen molar-refractivity contribution < 1.29 is 23.9 Å². The van der Waals surface area contributed by atoms with Crippen LogP contribution in [0.15, 0.2) is 18.2 Å². The zero-order valence-corrected chi connectivity index (χ0v) is 16.6. The van der Waals surface area contributed by atoms with Crippen molar-refractivity contribution in [2.75, 3.05) is 34.0 Å². The third kappa shape index (κ3) is 3.69. The number of likely N-dealkylation sites (tertiary alicyclic amines) is 1. The zero-order chi connectivity index (χ0) is 20.3. The van der Waals surface area contributed by atoms with Crippen LogP contribution in [0.4, 0.5) is 4.79 Å². The fourth-order valence-corrected chi connectivity index (χ4v) is 3.81. The van der Waals surface area contributed by atoms with Gasteiger partial charge in [-0.15, -0.1) is 0 Å². The number of amides is 4. The summed E-state index contributed by atoms with van der Waals surface area (Å²) in [6.45, 7) is 3.10. The summed E-state index contributed by atoms with van der Waals surface area (Å²) >= 11 is 0. The van der Waals surface area contributed by atoms with Gasteiger partial charge in [0.05, 0.1) is 20.9 Å². The first kappa shape index (κ1) is 20.1.